The number of nitrogens with zero attached hydrogens (tertiary/aromatic N) is 1. The van der Waals surface area contributed by atoms with E-state index in [1.54, 1.807) is 36.4 Å². The van der Waals surface area contributed by atoms with Crippen molar-refractivity contribution >= 4 is 12.3 Å². The molecule has 0 aromatic heterocycles. The van der Waals surface area contributed by atoms with Crippen molar-refractivity contribution in [2.75, 3.05) is 0 Å². The van der Waals surface area contributed by atoms with Crippen molar-refractivity contribution in [2.24, 2.45) is 0 Å². The Balaban J connectivity index is 1.61. The lowest BCUT2D eigenvalue weighted by atomic mass is 10.0. The van der Waals surface area contributed by atoms with Gasteiger partial charge in [0.2, 0.25) is 0 Å². The van der Waals surface area contributed by atoms with Crippen LogP contribution in [0.25, 0.3) is 11.1 Å². The summed E-state index contributed by atoms with van der Waals surface area (Å²) < 4.78 is 5.40. The van der Waals surface area contributed by atoms with Crippen molar-refractivity contribution in [1.29, 1.82) is 5.26 Å². The Bertz CT molecular complexity index is 1480. The Hall–Kier alpha value is -5.47. The molecule has 0 amide bonds. The van der Waals surface area contributed by atoms with E-state index in [9.17, 15) is 9.59 Å². The van der Waals surface area contributed by atoms with Gasteiger partial charge in [-0.15, -0.1) is 0 Å². The van der Waals surface area contributed by atoms with Crippen LogP contribution >= 0.6 is 0 Å². The van der Waals surface area contributed by atoms with Gasteiger partial charge in [-0.05, 0) is 94.5 Å². The summed E-state index contributed by atoms with van der Waals surface area (Å²) in [5.74, 6) is 20.1. The van der Waals surface area contributed by atoms with Crippen molar-refractivity contribution in [2.45, 2.75) is 6.42 Å². The molecule has 0 aliphatic heterocycles. The number of carbonyl (C=O) groups excluding carboxylic acids is 2. The first-order valence-corrected chi connectivity index (χ1v) is 10.0. The van der Waals surface area contributed by atoms with E-state index in [1.165, 1.54) is 0 Å². The fourth-order valence-electron chi connectivity index (χ4n) is 2.77. The van der Waals surface area contributed by atoms with Crippen LogP contribution in [0.3, 0.4) is 0 Å². The number of carbonyl (C=O) groups is 2. The van der Waals surface area contributed by atoms with E-state index in [2.05, 4.69) is 53.4 Å². The number of esters is 1. The minimum absolute atomic E-state index is 0.312. The van der Waals surface area contributed by atoms with Crippen molar-refractivity contribution in [3.05, 3.63) is 89.5 Å². The summed E-state index contributed by atoms with van der Waals surface area (Å²) in [5, 5.41) is 8.72. The molecule has 158 valence electrons. The molecule has 34 heavy (non-hydrogen) atoms. The fourth-order valence-corrected chi connectivity index (χ4v) is 2.77. The van der Waals surface area contributed by atoms with E-state index in [1.807, 2.05) is 36.4 Å². The fraction of sp³-hybridized carbons (Fsp3) is 0.0333. The number of rotatable bonds is 4. The van der Waals surface area contributed by atoms with Gasteiger partial charge in [0.1, 0.15) is 5.75 Å². The first-order valence-electron chi connectivity index (χ1n) is 10.0. The van der Waals surface area contributed by atoms with Crippen molar-refractivity contribution in [3.8, 4) is 70.3 Å². The summed E-state index contributed by atoms with van der Waals surface area (Å²) in [4.78, 5) is 22.4. The molecule has 3 aromatic carbocycles. The molecule has 3 aromatic rings. The molecular formula is C30H15NO3. The van der Waals surface area contributed by atoms with Gasteiger partial charge in [-0.3, -0.25) is 4.79 Å². The van der Waals surface area contributed by atoms with Gasteiger partial charge in [-0.1, -0.05) is 42.3 Å². The van der Waals surface area contributed by atoms with Gasteiger partial charge in [0.15, 0.2) is 6.29 Å². The maximum absolute atomic E-state index is 12.4. The molecule has 0 fully saturated rings. The second-order valence-electron chi connectivity index (χ2n) is 6.66. The standard InChI is InChI=1S/C30H15NO3/c31-22-21-25-11-19-29(20-12-25)34-30(33)28-17-15-27(16-18-28)26-13-9-24(10-14-26)8-6-4-2-1-3-5-7-23-32/h9-20,23H,21H2. The molecular weight excluding hydrogens is 422 g/mol. The Labute approximate surface area is 198 Å². The van der Waals surface area contributed by atoms with Gasteiger partial charge in [0.05, 0.1) is 18.1 Å². The summed E-state index contributed by atoms with van der Waals surface area (Å²) in [6.45, 7) is 0. The molecule has 0 atom stereocenters. The molecule has 0 aliphatic carbocycles. The SMILES string of the molecule is N#CCc1ccc(OC(=O)c2ccc(-c3ccc(C#CC#CC#CC#CC=O)cc3)cc2)cc1. The average molecular weight is 437 g/mol. The van der Waals surface area contributed by atoms with Gasteiger partial charge in [0, 0.05) is 5.56 Å². The Morgan fingerprint density at radius 3 is 1.97 bits per heavy atom. The predicted octanol–water partition coefficient (Wildman–Crippen LogP) is 4.20. The predicted molar refractivity (Wildman–Crippen MR) is 129 cm³/mol. The molecule has 0 unspecified atom stereocenters. The van der Waals surface area contributed by atoms with Crippen LogP contribution in [-0.4, -0.2) is 12.3 Å². The lowest BCUT2D eigenvalue weighted by Crippen LogP contribution is -2.08. The van der Waals surface area contributed by atoms with Crippen LogP contribution in [-0.2, 0) is 11.2 Å². The summed E-state index contributed by atoms with van der Waals surface area (Å²) >= 11 is 0. The highest BCUT2D eigenvalue weighted by molar-refractivity contribution is 5.91. The Morgan fingerprint density at radius 2 is 1.35 bits per heavy atom. The Kier molecular flexibility index (Phi) is 8.46. The van der Waals surface area contributed by atoms with Gasteiger partial charge in [-0.25, -0.2) is 4.79 Å². The molecule has 4 nitrogen and oxygen atoms in total. The number of nitriles is 1. The van der Waals surface area contributed by atoms with Crippen LogP contribution in [0.5, 0.6) is 5.75 Å². The lowest BCUT2D eigenvalue weighted by molar-refractivity contribution is -0.103. The number of benzene rings is 3. The van der Waals surface area contributed by atoms with E-state index >= 15 is 0 Å². The third-order valence-electron chi connectivity index (χ3n) is 4.41. The number of ether oxygens (including phenoxy) is 1. The zero-order chi connectivity index (χ0) is 24.0. The van der Waals surface area contributed by atoms with Crippen LogP contribution in [0, 0.1) is 58.7 Å². The van der Waals surface area contributed by atoms with Crippen LogP contribution in [0.2, 0.25) is 0 Å². The zero-order valence-electron chi connectivity index (χ0n) is 17.9. The minimum Gasteiger partial charge on any atom is -0.423 e. The number of hydrogen-bond donors (Lipinski definition) is 0. The highest BCUT2D eigenvalue weighted by Gasteiger charge is 2.09. The van der Waals surface area contributed by atoms with Gasteiger partial charge >= 0.3 is 5.97 Å². The second kappa shape index (κ2) is 12.4. The quantitative estimate of drug-likeness (QED) is 0.266. The maximum Gasteiger partial charge on any atom is 0.343 e. The third kappa shape index (κ3) is 7.05. The van der Waals surface area contributed by atoms with E-state index < -0.39 is 5.97 Å². The third-order valence-corrected chi connectivity index (χ3v) is 4.41. The van der Waals surface area contributed by atoms with Crippen molar-refractivity contribution in [3.63, 3.8) is 0 Å². The van der Waals surface area contributed by atoms with E-state index in [-0.39, 0.29) is 0 Å². The molecule has 0 bridgehead atoms. The zero-order valence-corrected chi connectivity index (χ0v) is 17.9. The highest BCUT2D eigenvalue weighted by atomic mass is 16.5. The molecule has 0 spiro atoms. The molecule has 0 N–H and O–H groups in total. The van der Waals surface area contributed by atoms with Crippen LogP contribution in [0.1, 0.15) is 21.5 Å². The molecule has 0 radical (unpaired) electrons. The Morgan fingerprint density at radius 1 is 0.765 bits per heavy atom. The highest BCUT2D eigenvalue weighted by Crippen LogP contribution is 2.21. The summed E-state index contributed by atoms with van der Waals surface area (Å²) in [7, 11) is 0. The smallest absolute Gasteiger partial charge is 0.343 e. The van der Waals surface area contributed by atoms with Gasteiger partial charge in [0.25, 0.3) is 0 Å². The second-order valence-corrected chi connectivity index (χ2v) is 6.66. The number of hydrogen-bond acceptors (Lipinski definition) is 4. The first kappa shape index (κ1) is 23.2. The maximum atomic E-state index is 12.4. The monoisotopic (exact) mass is 437 g/mol. The van der Waals surface area contributed by atoms with E-state index in [4.69, 9.17) is 10.00 Å². The number of aldehydes is 1. The van der Waals surface area contributed by atoms with Gasteiger partial charge in [-0.2, -0.15) is 5.26 Å². The van der Waals surface area contributed by atoms with E-state index in [0.717, 1.165) is 22.3 Å². The largest absolute Gasteiger partial charge is 0.423 e. The average Bonchev–Trinajstić information content (AvgIpc) is 2.87. The normalized spacial score (nSPS) is 8.56. The molecule has 0 saturated carbocycles. The molecule has 0 aliphatic rings. The van der Waals surface area contributed by atoms with Crippen LogP contribution in [0.15, 0.2) is 72.8 Å². The molecule has 3 rings (SSSR count). The van der Waals surface area contributed by atoms with Crippen LogP contribution < -0.4 is 4.74 Å². The van der Waals surface area contributed by atoms with Crippen molar-refractivity contribution in [1.82, 2.24) is 0 Å². The van der Waals surface area contributed by atoms with Gasteiger partial charge < -0.3 is 4.74 Å². The van der Waals surface area contributed by atoms with E-state index in [0.29, 0.717) is 24.0 Å². The lowest BCUT2D eigenvalue weighted by Gasteiger charge is -2.06. The summed E-state index contributed by atoms with van der Waals surface area (Å²) in [5.41, 5.74) is 4.02. The molecule has 0 saturated heterocycles. The first-order chi connectivity index (χ1) is 16.7. The molecule has 4 heteroatoms. The summed E-state index contributed by atoms with van der Waals surface area (Å²) in [6, 6.07) is 23.7. The van der Waals surface area contributed by atoms with Crippen LogP contribution in [0.4, 0.5) is 0 Å². The summed E-state index contributed by atoms with van der Waals surface area (Å²) in [6.07, 6.45) is 0.779. The molecule has 0 heterocycles. The minimum atomic E-state index is -0.452. The van der Waals surface area contributed by atoms with Crippen molar-refractivity contribution < 1.29 is 14.3 Å². The topological polar surface area (TPSA) is 67.2 Å².